The van der Waals surface area contributed by atoms with Crippen LogP contribution in [0, 0.1) is 0 Å². The van der Waals surface area contributed by atoms with Crippen molar-refractivity contribution in [2.24, 2.45) is 0 Å². The van der Waals surface area contributed by atoms with Gasteiger partial charge >= 0.3 is 12.5 Å². The Labute approximate surface area is 89.4 Å². The van der Waals surface area contributed by atoms with Gasteiger partial charge in [0, 0.05) is 12.2 Å². The molecule has 1 aromatic rings. The van der Waals surface area contributed by atoms with Gasteiger partial charge in [0.1, 0.15) is 0 Å². The lowest BCUT2D eigenvalue weighted by atomic mass is 10.1. The molecule has 16 heavy (non-hydrogen) atoms. The normalized spacial score (nSPS) is 18.9. The number of fused-ring (bicyclic) bond motifs is 1. The maximum absolute atomic E-state index is 12.3. The van der Waals surface area contributed by atoms with Crippen molar-refractivity contribution in [3.05, 3.63) is 23.8 Å². The molecule has 1 atom stereocenters. The summed E-state index contributed by atoms with van der Waals surface area (Å²) in [5.74, 6) is 0.132. The number of halogens is 3. The molecule has 1 unspecified atom stereocenters. The lowest BCUT2D eigenvalue weighted by Crippen LogP contribution is -2.36. The second-order valence-corrected chi connectivity index (χ2v) is 3.33. The summed E-state index contributed by atoms with van der Waals surface area (Å²) in [6.07, 6.45) is -6.57. The van der Waals surface area contributed by atoms with Crippen LogP contribution in [0.25, 0.3) is 0 Å². The lowest BCUT2D eigenvalue weighted by Gasteiger charge is -2.13. The minimum absolute atomic E-state index is 0.0632. The van der Waals surface area contributed by atoms with Crippen LogP contribution in [0.4, 0.5) is 13.2 Å². The van der Waals surface area contributed by atoms with E-state index in [1.807, 2.05) is 0 Å². The van der Waals surface area contributed by atoms with Gasteiger partial charge in [-0.05, 0) is 12.5 Å². The van der Waals surface area contributed by atoms with Crippen LogP contribution < -0.4 is 9.47 Å². The molecule has 0 radical (unpaired) electrons. The van der Waals surface area contributed by atoms with Gasteiger partial charge in [0.2, 0.25) is 0 Å². The highest BCUT2D eigenvalue weighted by Gasteiger charge is 2.48. The van der Waals surface area contributed by atoms with E-state index >= 15 is 0 Å². The summed E-state index contributed by atoms with van der Waals surface area (Å²) in [6, 6.07) is 4.56. The number of rotatable bonds is 2. The van der Waals surface area contributed by atoms with Crippen LogP contribution >= 0.6 is 0 Å². The largest absolute Gasteiger partial charge is 0.464 e. The average molecular weight is 234 g/mol. The van der Waals surface area contributed by atoms with E-state index in [0.717, 1.165) is 0 Å². The molecular formula is C10H9F3O3. The number of benzene rings is 1. The highest BCUT2D eigenvalue weighted by Crippen LogP contribution is 2.42. The fraction of sp³-hybridized carbons (Fsp3) is 0.400. The van der Waals surface area contributed by atoms with Crippen molar-refractivity contribution in [2.75, 3.05) is 6.61 Å². The van der Waals surface area contributed by atoms with Crippen LogP contribution in [0.1, 0.15) is 5.56 Å². The zero-order valence-corrected chi connectivity index (χ0v) is 8.12. The molecule has 1 aliphatic heterocycles. The predicted octanol–water partition coefficient (Wildman–Crippen LogP) is 1.88. The number of para-hydroxylation sites is 1. The van der Waals surface area contributed by atoms with Crippen molar-refractivity contribution in [3.8, 4) is 11.5 Å². The molecule has 1 N–H and O–H groups in total. The number of hydrogen-bond acceptors (Lipinski definition) is 3. The summed E-state index contributed by atoms with van der Waals surface area (Å²) in [4.78, 5) is 0. The first-order chi connectivity index (χ1) is 7.52. The number of alkyl halides is 3. The van der Waals surface area contributed by atoms with E-state index < -0.39 is 12.5 Å². The van der Waals surface area contributed by atoms with Gasteiger partial charge in [0.25, 0.3) is 0 Å². The zero-order chi connectivity index (χ0) is 11.8. The summed E-state index contributed by atoms with van der Waals surface area (Å²) in [7, 11) is 0. The number of aliphatic hydroxyl groups is 1. The molecule has 1 aliphatic rings. The zero-order valence-electron chi connectivity index (χ0n) is 8.12. The first kappa shape index (κ1) is 11.1. The summed E-state index contributed by atoms with van der Waals surface area (Å²) >= 11 is 0. The minimum Gasteiger partial charge on any atom is -0.443 e. The predicted molar refractivity (Wildman–Crippen MR) is 48.3 cm³/mol. The number of ether oxygens (including phenoxy) is 2. The van der Waals surface area contributed by atoms with Crippen LogP contribution in [-0.4, -0.2) is 24.2 Å². The first-order valence-electron chi connectivity index (χ1n) is 4.65. The summed E-state index contributed by atoms with van der Waals surface area (Å²) < 4.78 is 46.4. The fourth-order valence-electron chi connectivity index (χ4n) is 1.49. The van der Waals surface area contributed by atoms with Gasteiger partial charge in [0.05, 0.1) is 0 Å². The lowest BCUT2D eigenvalue weighted by molar-refractivity contribution is -0.242. The van der Waals surface area contributed by atoms with Crippen LogP contribution in [0.2, 0.25) is 0 Å². The molecule has 0 spiro atoms. The maximum Gasteiger partial charge on any atom is 0.464 e. The monoisotopic (exact) mass is 234 g/mol. The standard InChI is InChI=1S/C10H9F3O3/c11-10(12,13)9-15-7-3-1-2-6(4-5-14)8(7)16-9/h1-3,9,14H,4-5H2. The molecule has 3 nitrogen and oxygen atoms in total. The molecule has 0 saturated heterocycles. The highest BCUT2D eigenvalue weighted by molar-refractivity contribution is 5.48. The summed E-state index contributed by atoms with van der Waals surface area (Å²) in [5, 5.41) is 8.76. The Balaban J connectivity index is 2.26. The third-order valence-electron chi connectivity index (χ3n) is 2.17. The number of aliphatic hydroxyl groups excluding tert-OH is 1. The Kier molecular flexibility index (Phi) is 2.67. The molecular weight excluding hydrogens is 225 g/mol. The van der Waals surface area contributed by atoms with Gasteiger partial charge < -0.3 is 14.6 Å². The second kappa shape index (κ2) is 3.86. The van der Waals surface area contributed by atoms with E-state index in [4.69, 9.17) is 9.84 Å². The molecule has 1 aromatic carbocycles. The first-order valence-corrected chi connectivity index (χ1v) is 4.65. The van der Waals surface area contributed by atoms with Gasteiger partial charge in [-0.25, -0.2) is 0 Å². The molecule has 88 valence electrons. The van der Waals surface area contributed by atoms with Gasteiger partial charge in [-0.3, -0.25) is 0 Å². The van der Waals surface area contributed by atoms with Crippen molar-refractivity contribution in [1.29, 1.82) is 0 Å². The smallest absolute Gasteiger partial charge is 0.443 e. The quantitative estimate of drug-likeness (QED) is 0.849. The van der Waals surface area contributed by atoms with E-state index in [1.165, 1.54) is 6.07 Å². The minimum atomic E-state index is -4.56. The van der Waals surface area contributed by atoms with Crippen LogP contribution in [-0.2, 0) is 6.42 Å². The Bertz CT molecular complexity index is 389. The Morgan fingerprint density at radius 3 is 2.62 bits per heavy atom. The van der Waals surface area contributed by atoms with Gasteiger partial charge in [0.15, 0.2) is 11.5 Å². The molecule has 0 fully saturated rings. The molecule has 0 bridgehead atoms. The topological polar surface area (TPSA) is 38.7 Å². The fourth-order valence-corrected chi connectivity index (χ4v) is 1.49. The number of hydrogen-bond donors (Lipinski definition) is 1. The van der Waals surface area contributed by atoms with Crippen molar-refractivity contribution in [1.82, 2.24) is 0 Å². The van der Waals surface area contributed by atoms with Crippen molar-refractivity contribution in [2.45, 2.75) is 18.9 Å². The Morgan fingerprint density at radius 2 is 2.00 bits per heavy atom. The van der Waals surface area contributed by atoms with Crippen LogP contribution in [0.15, 0.2) is 18.2 Å². The molecule has 1 heterocycles. The molecule has 6 heteroatoms. The Hall–Kier alpha value is -1.43. The molecule has 0 amide bonds. The van der Waals surface area contributed by atoms with Gasteiger partial charge in [-0.2, -0.15) is 13.2 Å². The van der Waals surface area contributed by atoms with E-state index in [0.29, 0.717) is 5.56 Å². The molecule has 0 aromatic heterocycles. The third-order valence-corrected chi connectivity index (χ3v) is 2.17. The van der Waals surface area contributed by atoms with E-state index in [1.54, 1.807) is 12.1 Å². The van der Waals surface area contributed by atoms with Crippen LogP contribution in [0.3, 0.4) is 0 Å². The van der Waals surface area contributed by atoms with Gasteiger partial charge in [-0.1, -0.05) is 12.1 Å². The van der Waals surface area contributed by atoms with E-state index in [2.05, 4.69) is 4.74 Å². The molecule has 0 saturated carbocycles. The third kappa shape index (κ3) is 1.92. The molecule has 2 rings (SSSR count). The van der Waals surface area contributed by atoms with Gasteiger partial charge in [-0.15, -0.1) is 0 Å². The van der Waals surface area contributed by atoms with Crippen molar-refractivity contribution >= 4 is 0 Å². The molecule has 0 aliphatic carbocycles. The van der Waals surface area contributed by atoms with Crippen molar-refractivity contribution < 1.29 is 27.8 Å². The second-order valence-electron chi connectivity index (χ2n) is 3.33. The average Bonchev–Trinajstić information content (AvgIpc) is 2.62. The summed E-state index contributed by atoms with van der Waals surface area (Å²) in [5.41, 5.74) is 0.506. The van der Waals surface area contributed by atoms with Crippen LogP contribution in [0.5, 0.6) is 11.5 Å². The summed E-state index contributed by atoms with van der Waals surface area (Å²) in [6.45, 7) is -0.156. The van der Waals surface area contributed by atoms with E-state index in [9.17, 15) is 13.2 Å². The Morgan fingerprint density at radius 1 is 1.25 bits per heavy atom. The van der Waals surface area contributed by atoms with E-state index in [-0.39, 0.29) is 24.5 Å². The maximum atomic E-state index is 12.3. The highest BCUT2D eigenvalue weighted by atomic mass is 19.4. The SMILES string of the molecule is OCCc1cccc2c1OC(C(F)(F)F)O2. The van der Waals surface area contributed by atoms with Crippen molar-refractivity contribution in [3.63, 3.8) is 0 Å².